The van der Waals surface area contributed by atoms with Gasteiger partial charge in [0.05, 0.1) is 19.1 Å². The molecule has 0 aromatic heterocycles. The van der Waals surface area contributed by atoms with Crippen LogP contribution in [-0.2, 0) is 9.59 Å². The second kappa shape index (κ2) is 5.62. The van der Waals surface area contributed by atoms with E-state index in [9.17, 15) is 19.5 Å². The molecule has 7 heteroatoms. The minimum absolute atomic E-state index is 0.281. The lowest BCUT2D eigenvalue weighted by atomic mass is 10.1. The summed E-state index contributed by atoms with van der Waals surface area (Å²) in [4.78, 5) is 34.4. The standard InChI is InChI=1S/C10H16N2O5/c1-2-3-7-9(16)12(10(17)11-7)5-6(13)4-8(14)15/h6-7,13H,2-5H2,1H3,(H,11,17)(H,14,15). The maximum Gasteiger partial charge on any atom is 0.324 e. The summed E-state index contributed by atoms with van der Waals surface area (Å²) in [7, 11) is 0. The molecule has 1 fully saturated rings. The monoisotopic (exact) mass is 244 g/mol. The number of aliphatic hydroxyl groups is 1. The lowest BCUT2D eigenvalue weighted by Gasteiger charge is -2.16. The first-order valence-corrected chi connectivity index (χ1v) is 5.47. The number of β-amino-alcohol motifs (C(OH)–C–C–N with tert-alkyl or cyclic N) is 1. The molecule has 1 rings (SSSR count). The van der Waals surface area contributed by atoms with Gasteiger partial charge >= 0.3 is 12.0 Å². The molecule has 0 radical (unpaired) electrons. The number of aliphatic carboxylic acids is 1. The summed E-state index contributed by atoms with van der Waals surface area (Å²) in [5.74, 6) is -1.57. The number of imide groups is 1. The number of rotatable bonds is 6. The van der Waals surface area contributed by atoms with Crippen molar-refractivity contribution in [2.75, 3.05) is 6.54 Å². The minimum atomic E-state index is -1.23. The zero-order valence-corrected chi connectivity index (χ0v) is 9.55. The van der Waals surface area contributed by atoms with Crippen LogP contribution in [0.2, 0.25) is 0 Å². The van der Waals surface area contributed by atoms with Gasteiger partial charge in [-0.3, -0.25) is 14.5 Å². The smallest absolute Gasteiger partial charge is 0.324 e. The van der Waals surface area contributed by atoms with Gasteiger partial charge in [0.1, 0.15) is 6.04 Å². The molecule has 3 amide bonds. The van der Waals surface area contributed by atoms with Crippen molar-refractivity contribution in [3.05, 3.63) is 0 Å². The second-order valence-corrected chi connectivity index (χ2v) is 3.99. The van der Waals surface area contributed by atoms with Gasteiger partial charge in [-0.2, -0.15) is 0 Å². The number of urea groups is 1. The van der Waals surface area contributed by atoms with E-state index in [0.717, 1.165) is 11.3 Å². The molecule has 0 aromatic carbocycles. The Kier molecular flexibility index (Phi) is 4.45. The molecule has 1 aliphatic heterocycles. The molecule has 7 nitrogen and oxygen atoms in total. The number of carboxylic acids is 1. The number of hydrogen-bond acceptors (Lipinski definition) is 4. The Labute approximate surface area is 98.4 Å². The Bertz CT molecular complexity index is 331. The number of nitrogens with zero attached hydrogens (tertiary/aromatic N) is 1. The summed E-state index contributed by atoms with van der Waals surface area (Å²) in [6.45, 7) is 1.61. The van der Waals surface area contributed by atoms with E-state index in [2.05, 4.69) is 5.32 Å². The molecular formula is C10H16N2O5. The maximum atomic E-state index is 11.7. The first-order valence-electron chi connectivity index (χ1n) is 5.47. The summed E-state index contributed by atoms with van der Waals surface area (Å²) in [5, 5.41) is 20.3. The topological polar surface area (TPSA) is 107 Å². The van der Waals surface area contributed by atoms with Gasteiger partial charge in [0.25, 0.3) is 5.91 Å². The zero-order valence-electron chi connectivity index (χ0n) is 9.55. The van der Waals surface area contributed by atoms with Crippen LogP contribution in [0.1, 0.15) is 26.2 Å². The fourth-order valence-electron chi connectivity index (χ4n) is 1.71. The van der Waals surface area contributed by atoms with Crippen molar-refractivity contribution >= 4 is 17.9 Å². The maximum absolute atomic E-state index is 11.7. The van der Waals surface area contributed by atoms with Crippen LogP contribution in [0.25, 0.3) is 0 Å². The van der Waals surface area contributed by atoms with Crippen LogP contribution >= 0.6 is 0 Å². The van der Waals surface area contributed by atoms with Gasteiger partial charge in [0.15, 0.2) is 0 Å². The first-order chi connectivity index (χ1) is 7.95. The number of nitrogens with one attached hydrogen (secondary N) is 1. The summed E-state index contributed by atoms with van der Waals surface area (Å²) in [6.07, 6.45) is -0.434. The van der Waals surface area contributed by atoms with Crippen LogP contribution in [0.4, 0.5) is 4.79 Å². The molecule has 1 aliphatic rings. The third-order valence-corrected chi connectivity index (χ3v) is 2.49. The highest BCUT2D eigenvalue weighted by molar-refractivity contribution is 6.04. The van der Waals surface area contributed by atoms with Crippen molar-refractivity contribution in [3.8, 4) is 0 Å². The van der Waals surface area contributed by atoms with E-state index >= 15 is 0 Å². The summed E-state index contributed by atoms with van der Waals surface area (Å²) in [6, 6.07) is -1.12. The molecular weight excluding hydrogens is 228 g/mol. The van der Waals surface area contributed by atoms with Crippen LogP contribution in [-0.4, -0.2) is 51.7 Å². The van der Waals surface area contributed by atoms with Crippen LogP contribution in [0, 0.1) is 0 Å². The van der Waals surface area contributed by atoms with E-state index in [1.54, 1.807) is 0 Å². The quantitative estimate of drug-likeness (QED) is 0.548. The summed E-state index contributed by atoms with van der Waals surface area (Å²) in [5.41, 5.74) is 0. The molecule has 96 valence electrons. The summed E-state index contributed by atoms with van der Waals surface area (Å²) < 4.78 is 0. The van der Waals surface area contributed by atoms with Crippen molar-refractivity contribution in [1.82, 2.24) is 10.2 Å². The normalized spacial score (nSPS) is 21.5. The fourth-order valence-corrected chi connectivity index (χ4v) is 1.71. The molecule has 0 aliphatic carbocycles. The Balaban J connectivity index is 2.56. The van der Waals surface area contributed by atoms with Crippen LogP contribution in [0.5, 0.6) is 0 Å². The van der Waals surface area contributed by atoms with Crippen molar-refractivity contribution in [3.63, 3.8) is 0 Å². The van der Waals surface area contributed by atoms with Crippen molar-refractivity contribution in [2.45, 2.75) is 38.3 Å². The SMILES string of the molecule is CCCC1NC(=O)N(CC(O)CC(=O)O)C1=O. The van der Waals surface area contributed by atoms with Gasteiger partial charge in [-0.1, -0.05) is 13.3 Å². The van der Waals surface area contributed by atoms with Crippen LogP contribution in [0.15, 0.2) is 0 Å². The average Bonchev–Trinajstić information content (AvgIpc) is 2.45. The lowest BCUT2D eigenvalue weighted by molar-refractivity contribution is -0.140. The van der Waals surface area contributed by atoms with E-state index in [1.807, 2.05) is 6.92 Å². The van der Waals surface area contributed by atoms with Crippen LogP contribution < -0.4 is 5.32 Å². The van der Waals surface area contributed by atoms with Gasteiger partial charge in [-0.15, -0.1) is 0 Å². The molecule has 0 bridgehead atoms. The molecule has 1 saturated heterocycles. The molecule has 0 saturated carbocycles. The molecule has 2 atom stereocenters. The fraction of sp³-hybridized carbons (Fsp3) is 0.700. The predicted octanol–water partition coefficient (Wildman–Crippen LogP) is -0.458. The number of carbonyl (C=O) groups excluding carboxylic acids is 2. The minimum Gasteiger partial charge on any atom is -0.481 e. The van der Waals surface area contributed by atoms with E-state index in [1.165, 1.54) is 0 Å². The lowest BCUT2D eigenvalue weighted by Crippen LogP contribution is -2.38. The Morgan fingerprint density at radius 3 is 2.71 bits per heavy atom. The molecule has 17 heavy (non-hydrogen) atoms. The average molecular weight is 244 g/mol. The number of carboxylic acid groups (broad SMARTS) is 1. The number of carbonyl (C=O) groups is 3. The summed E-state index contributed by atoms with van der Waals surface area (Å²) >= 11 is 0. The number of amides is 3. The van der Waals surface area contributed by atoms with Gasteiger partial charge in [0.2, 0.25) is 0 Å². The predicted molar refractivity (Wildman–Crippen MR) is 57.2 cm³/mol. The zero-order chi connectivity index (χ0) is 13.0. The molecule has 0 aromatic rings. The Morgan fingerprint density at radius 2 is 2.18 bits per heavy atom. The highest BCUT2D eigenvalue weighted by Crippen LogP contribution is 2.12. The first kappa shape index (κ1) is 13.4. The highest BCUT2D eigenvalue weighted by Gasteiger charge is 2.38. The number of hydrogen-bond donors (Lipinski definition) is 3. The van der Waals surface area contributed by atoms with Gasteiger partial charge < -0.3 is 15.5 Å². The van der Waals surface area contributed by atoms with Crippen LogP contribution in [0.3, 0.4) is 0 Å². The molecule has 0 spiro atoms. The Morgan fingerprint density at radius 1 is 1.53 bits per heavy atom. The third-order valence-electron chi connectivity index (χ3n) is 2.49. The van der Waals surface area contributed by atoms with Gasteiger partial charge in [-0.25, -0.2) is 4.79 Å². The van der Waals surface area contributed by atoms with Gasteiger partial charge in [0, 0.05) is 0 Å². The van der Waals surface area contributed by atoms with Crippen molar-refractivity contribution < 1.29 is 24.6 Å². The third kappa shape index (κ3) is 3.42. The Hall–Kier alpha value is -1.63. The van der Waals surface area contributed by atoms with Crippen molar-refractivity contribution in [2.24, 2.45) is 0 Å². The van der Waals surface area contributed by atoms with E-state index < -0.39 is 36.5 Å². The van der Waals surface area contributed by atoms with Crippen molar-refractivity contribution in [1.29, 1.82) is 0 Å². The second-order valence-electron chi connectivity index (χ2n) is 3.99. The van der Waals surface area contributed by atoms with E-state index in [-0.39, 0.29) is 6.54 Å². The molecule has 1 heterocycles. The van der Waals surface area contributed by atoms with E-state index in [4.69, 9.17) is 5.11 Å². The molecule has 3 N–H and O–H groups in total. The van der Waals surface area contributed by atoms with E-state index in [0.29, 0.717) is 6.42 Å². The largest absolute Gasteiger partial charge is 0.481 e. The highest BCUT2D eigenvalue weighted by atomic mass is 16.4. The molecule has 2 unspecified atom stereocenters. The number of aliphatic hydroxyl groups excluding tert-OH is 1. The van der Waals surface area contributed by atoms with Gasteiger partial charge in [-0.05, 0) is 6.42 Å².